The van der Waals surface area contributed by atoms with E-state index < -0.39 is 103 Å². The Balaban J connectivity index is 1.24. The fourth-order valence-electron chi connectivity index (χ4n) is 7.67. The van der Waals surface area contributed by atoms with Crippen LogP contribution < -0.4 is 0 Å². The average molecular weight is 839 g/mol. The van der Waals surface area contributed by atoms with Gasteiger partial charge < -0.3 is 52.1 Å². The molecule has 4 aliphatic heterocycles. The normalized spacial score (nSPS) is 29.8. The smallest absolute Gasteiger partial charge is 0.338 e. The molecule has 0 spiro atoms. The predicted octanol–water partition coefficient (Wildman–Crippen LogP) is 5.66. The molecule has 0 radical (unpaired) electrons. The molecule has 4 heterocycles. The SMILES string of the molecule is CC1(C)O[C@H]2O[C@H]([C@H]3COC(C)(C)O3)[C@H](O[C@]3(COC(=O)c4ccccc4)OC[C@@H](OC(=O)c4ccccc4)[C@@H](OC(=O)c4ccccc4)[C@@H]3OC(=O)c3ccccc3)[C@H]2O1. The summed E-state index contributed by atoms with van der Waals surface area (Å²) >= 11 is 0. The fraction of sp³-hybridized carbons (Fsp3) is 0.391. The lowest BCUT2D eigenvalue weighted by Gasteiger charge is -2.49. The van der Waals surface area contributed by atoms with Crippen molar-refractivity contribution in [3.8, 4) is 0 Å². The van der Waals surface area contributed by atoms with E-state index in [9.17, 15) is 19.2 Å². The summed E-state index contributed by atoms with van der Waals surface area (Å²) < 4.78 is 69.4. The minimum absolute atomic E-state index is 0.0957. The molecule has 15 nitrogen and oxygen atoms in total. The van der Waals surface area contributed by atoms with Crippen molar-refractivity contribution in [2.45, 2.75) is 94.1 Å². The van der Waals surface area contributed by atoms with Gasteiger partial charge in [-0.05, 0) is 76.2 Å². The topological polar surface area (TPSA) is 170 Å². The molecule has 8 rings (SSSR count). The van der Waals surface area contributed by atoms with Crippen molar-refractivity contribution in [1.29, 1.82) is 0 Å². The Bertz CT molecular complexity index is 2170. The zero-order valence-electron chi connectivity index (χ0n) is 33.9. The fourth-order valence-corrected chi connectivity index (χ4v) is 7.67. The van der Waals surface area contributed by atoms with Crippen LogP contribution >= 0.6 is 0 Å². The Morgan fingerprint density at radius 3 is 1.57 bits per heavy atom. The van der Waals surface area contributed by atoms with Crippen molar-refractivity contribution in [3.63, 3.8) is 0 Å². The molecule has 4 fully saturated rings. The Hall–Kier alpha value is -5.52. The summed E-state index contributed by atoms with van der Waals surface area (Å²) in [5.74, 6) is -7.72. The molecule has 0 saturated carbocycles. The molecule has 15 heteroatoms. The number of carbonyl (C=O) groups is 4. The van der Waals surface area contributed by atoms with E-state index in [0.717, 1.165) is 0 Å². The third-order valence-electron chi connectivity index (χ3n) is 10.5. The molecular formula is C46H46O15. The summed E-state index contributed by atoms with van der Waals surface area (Å²) in [4.78, 5) is 55.8. The summed E-state index contributed by atoms with van der Waals surface area (Å²) in [6.07, 6.45) is -9.62. The van der Waals surface area contributed by atoms with Crippen LogP contribution in [0.5, 0.6) is 0 Å². The molecular weight excluding hydrogens is 792 g/mol. The van der Waals surface area contributed by atoms with Gasteiger partial charge in [-0.2, -0.15) is 0 Å². The largest absolute Gasteiger partial charge is 0.456 e. The minimum Gasteiger partial charge on any atom is -0.456 e. The highest BCUT2D eigenvalue weighted by atomic mass is 16.9. The highest BCUT2D eigenvalue weighted by molar-refractivity contribution is 5.91. The number of ether oxygens (including phenoxy) is 11. The number of hydrogen-bond acceptors (Lipinski definition) is 15. The van der Waals surface area contributed by atoms with Gasteiger partial charge in [0, 0.05) is 0 Å². The van der Waals surface area contributed by atoms with Gasteiger partial charge in [0.2, 0.25) is 5.79 Å². The lowest BCUT2D eigenvalue weighted by Crippen LogP contribution is -2.69. The maximum Gasteiger partial charge on any atom is 0.338 e. The third kappa shape index (κ3) is 9.38. The van der Waals surface area contributed by atoms with E-state index in [2.05, 4.69) is 0 Å². The van der Waals surface area contributed by atoms with E-state index in [1.54, 1.807) is 125 Å². The first kappa shape index (κ1) is 42.2. The molecule has 320 valence electrons. The summed E-state index contributed by atoms with van der Waals surface area (Å²) in [5, 5.41) is 0. The monoisotopic (exact) mass is 838 g/mol. The quantitative estimate of drug-likeness (QED) is 0.126. The van der Waals surface area contributed by atoms with Crippen molar-refractivity contribution in [2.75, 3.05) is 19.8 Å². The van der Waals surface area contributed by atoms with E-state index in [0.29, 0.717) is 0 Å². The standard InChI is InChI=1S/C46H46O15/c1-44(2)52-26-33(58-44)34-36(37-43(56-34)61-45(3,4)59-37)60-46(27-51-39(47)28-17-9-5-10-18-28)38(57-42(50)31-23-15-8-16-24-31)35(55-41(49)30-21-13-7-14-22-30)32(25-53-46)54-40(48)29-19-11-6-12-20-29/h5-24,32-38,43H,25-27H2,1-4H3/t32-,33-,34-,35-,36+,37-,38+,43-,46+/m1/s1. The predicted molar refractivity (Wildman–Crippen MR) is 211 cm³/mol. The number of hydrogen-bond donors (Lipinski definition) is 0. The Kier molecular flexibility index (Phi) is 12.1. The summed E-state index contributed by atoms with van der Waals surface area (Å²) in [6.45, 7) is 5.78. The lowest BCUT2D eigenvalue weighted by molar-refractivity contribution is -0.368. The molecule has 61 heavy (non-hydrogen) atoms. The van der Waals surface area contributed by atoms with E-state index in [4.69, 9.17) is 52.1 Å². The molecule has 0 bridgehead atoms. The average Bonchev–Trinajstić information content (AvgIpc) is 3.90. The maximum atomic E-state index is 14.3. The van der Waals surface area contributed by atoms with Crippen LogP contribution in [0.25, 0.3) is 0 Å². The third-order valence-corrected chi connectivity index (χ3v) is 10.5. The van der Waals surface area contributed by atoms with E-state index in [1.807, 2.05) is 0 Å². The second kappa shape index (κ2) is 17.5. The van der Waals surface area contributed by atoms with E-state index >= 15 is 0 Å². The van der Waals surface area contributed by atoms with Crippen molar-refractivity contribution in [2.24, 2.45) is 0 Å². The molecule has 0 aliphatic carbocycles. The van der Waals surface area contributed by atoms with Gasteiger partial charge in [0.15, 0.2) is 36.2 Å². The van der Waals surface area contributed by atoms with Crippen molar-refractivity contribution < 1.29 is 71.3 Å². The van der Waals surface area contributed by atoms with Crippen LogP contribution in [0.4, 0.5) is 0 Å². The summed E-state index contributed by atoms with van der Waals surface area (Å²) in [7, 11) is 0. The maximum absolute atomic E-state index is 14.3. The number of fused-ring (bicyclic) bond motifs is 1. The van der Waals surface area contributed by atoms with Gasteiger partial charge in [-0.1, -0.05) is 72.8 Å². The summed E-state index contributed by atoms with van der Waals surface area (Å²) in [6, 6.07) is 32.5. The summed E-state index contributed by atoms with van der Waals surface area (Å²) in [5.41, 5.74) is 0.648. The van der Waals surface area contributed by atoms with Crippen LogP contribution in [0.3, 0.4) is 0 Å². The van der Waals surface area contributed by atoms with Crippen LogP contribution in [-0.2, 0) is 52.1 Å². The second-order valence-corrected chi connectivity index (χ2v) is 15.8. The number of rotatable bonds is 12. The van der Waals surface area contributed by atoms with Gasteiger partial charge >= 0.3 is 23.9 Å². The van der Waals surface area contributed by atoms with Gasteiger partial charge in [-0.15, -0.1) is 0 Å². The molecule has 4 saturated heterocycles. The Morgan fingerprint density at radius 2 is 1.05 bits per heavy atom. The first-order valence-corrected chi connectivity index (χ1v) is 19.9. The van der Waals surface area contributed by atoms with Gasteiger partial charge in [0.1, 0.15) is 31.0 Å². The van der Waals surface area contributed by atoms with Gasteiger partial charge in [-0.25, -0.2) is 19.2 Å². The first-order chi connectivity index (χ1) is 29.3. The molecule has 4 aliphatic rings. The molecule has 0 N–H and O–H groups in total. The highest BCUT2D eigenvalue weighted by Crippen LogP contribution is 2.46. The molecule has 9 atom stereocenters. The van der Waals surface area contributed by atoms with Gasteiger partial charge in [0.05, 0.1) is 35.5 Å². The minimum atomic E-state index is -2.32. The molecule has 0 amide bonds. The molecule has 0 unspecified atom stereocenters. The van der Waals surface area contributed by atoms with Crippen LogP contribution in [-0.4, -0.2) is 110 Å². The second-order valence-electron chi connectivity index (χ2n) is 15.8. The van der Waals surface area contributed by atoms with Crippen LogP contribution in [0.2, 0.25) is 0 Å². The van der Waals surface area contributed by atoms with E-state index in [-0.39, 0.29) is 28.9 Å². The van der Waals surface area contributed by atoms with Crippen LogP contribution in [0, 0.1) is 0 Å². The van der Waals surface area contributed by atoms with Crippen LogP contribution in [0.1, 0.15) is 69.1 Å². The molecule has 0 aromatic heterocycles. The van der Waals surface area contributed by atoms with Gasteiger partial charge in [-0.3, -0.25) is 0 Å². The molecule has 4 aromatic carbocycles. The van der Waals surface area contributed by atoms with Crippen molar-refractivity contribution in [1.82, 2.24) is 0 Å². The number of carbonyl (C=O) groups excluding carboxylic acids is 4. The number of esters is 4. The number of benzene rings is 4. The van der Waals surface area contributed by atoms with Gasteiger partial charge in [0.25, 0.3) is 0 Å². The Morgan fingerprint density at radius 1 is 0.541 bits per heavy atom. The van der Waals surface area contributed by atoms with Crippen molar-refractivity contribution in [3.05, 3.63) is 144 Å². The molecule has 4 aromatic rings. The first-order valence-electron chi connectivity index (χ1n) is 19.9. The highest BCUT2D eigenvalue weighted by Gasteiger charge is 2.65. The van der Waals surface area contributed by atoms with Crippen LogP contribution in [0.15, 0.2) is 121 Å². The van der Waals surface area contributed by atoms with E-state index in [1.165, 1.54) is 24.3 Å². The van der Waals surface area contributed by atoms with Crippen molar-refractivity contribution >= 4 is 23.9 Å². The zero-order valence-corrected chi connectivity index (χ0v) is 33.9. The lowest BCUT2D eigenvalue weighted by atomic mass is 9.94. The Labute approximate surface area is 352 Å². The zero-order chi connectivity index (χ0) is 42.8.